The van der Waals surface area contributed by atoms with Crippen LogP contribution in [0.2, 0.25) is 0 Å². The highest BCUT2D eigenvalue weighted by atomic mass is 32.1. The van der Waals surface area contributed by atoms with Gasteiger partial charge >= 0.3 is 5.97 Å². The summed E-state index contributed by atoms with van der Waals surface area (Å²) in [6.07, 6.45) is 3.08. The van der Waals surface area contributed by atoms with Crippen LogP contribution in [0, 0.1) is 6.92 Å². The van der Waals surface area contributed by atoms with Crippen LogP contribution in [0.3, 0.4) is 0 Å². The van der Waals surface area contributed by atoms with Gasteiger partial charge in [-0.1, -0.05) is 0 Å². The van der Waals surface area contributed by atoms with E-state index >= 15 is 0 Å². The SMILES string of the molecule is CCOC(=O)CN(CC)C(=O)/C=C/c1csc(C)n1. The predicted octanol–water partition coefficient (Wildman–Crippen LogP) is 1.88. The molecule has 5 nitrogen and oxygen atoms in total. The zero-order chi connectivity index (χ0) is 14.3. The third-order valence-electron chi connectivity index (χ3n) is 2.35. The predicted molar refractivity (Wildman–Crippen MR) is 74.8 cm³/mol. The summed E-state index contributed by atoms with van der Waals surface area (Å²) in [5.74, 6) is -0.614. The van der Waals surface area contributed by atoms with Gasteiger partial charge in [-0.15, -0.1) is 11.3 Å². The van der Waals surface area contributed by atoms with Crippen molar-refractivity contribution in [2.45, 2.75) is 20.8 Å². The Morgan fingerprint density at radius 3 is 2.74 bits per heavy atom. The number of amides is 1. The topological polar surface area (TPSA) is 59.5 Å². The second-order valence-electron chi connectivity index (χ2n) is 3.78. The Bertz CT molecular complexity index is 468. The third kappa shape index (κ3) is 5.21. The summed E-state index contributed by atoms with van der Waals surface area (Å²) in [7, 11) is 0. The first kappa shape index (κ1) is 15.4. The largest absolute Gasteiger partial charge is 0.465 e. The lowest BCUT2D eigenvalue weighted by Gasteiger charge is -2.17. The molecule has 1 aromatic heterocycles. The average Bonchev–Trinajstić information content (AvgIpc) is 2.79. The van der Waals surface area contributed by atoms with Crippen molar-refractivity contribution in [3.63, 3.8) is 0 Å². The smallest absolute Gasteiger partial charge is 0.325 e. The van der Waals surface area contributed by atoms with Gasteiger partial charge < -0.3 is 9.64 Å². The Labute approximate surface area is 116 Å². The monoisotopic (exact) mass is 282 g/mol. The maximum absolute atomic E-state index is 11.9. The second-order valence-corrected chi connectivity index (χ2v) is 4.84. The van der Waals surface area contributed by atoms with Crippen molar-refractivity contribution in [2.24, 2.45) is 0 Å². The molecule has 0 saturated heterocycles. The normalized spacial score (nSPS) is 10.7. The minimum atomic E-state index is -0.393. The van der Waals surface area contributed by atoms with Crippen LogP contribution in [0.25, 0.3) is 6.08 Å². The summed E-state index contributed by atoms with van der Waals surface area (Å²) in [5, 5.41) is 2.83. The molecule has 1 rings (SSSR count). The minimum absolute atomic E-state index is 0.0242. The van der Waals surface area contributed by atoms with Gasteiger partial charge in [0.25, 0.3) is 0 Å². The molecule has 0 bridgehead atoms. The van der Waals surface area contributed by atoms with E-state index < -0.39 is 5.97 Å². The van der Waals surface area contributed by atoms with Crippen molar-refractivity contribution in [2.75, 3.05) is 19.7 Å². The number of carbonyl (C=O) groups excluding carboxylic acids is 2. The van der Waals surface area contributed by atoms with E-state index in [1.807, 2.05) is 19.2 Å². The Kier molecular flexibility index (Phi) is 6.21. The fraction of sp³-hybridized carbons (Fsp3) is 0.462. The lowest BCUT2D eigenvalue weighted by molar-refractivity contribution is -0.147. The second kappa shape index (κ2) is 7.68. The quantitative estimate of drug-likeness (QED) is 0.590. The van der Waals surface area contributed by atoms with E-state index in [9.17, 15) is 9.59 Å². The first-order valence-electron chi connectivity index (χ1n) is 6.11. The summed E-state index contributed by atoms with van der Waals surface area (Å²) >= 11 is 1.53. The van der Waals surface area contributed by atoms with Crippen molar-refractivity contribution in [3.8, 4) is 0 Å². The van der Waals surface area contributed by atoms with E-state index in [4.69, 9.17) is 4.74 Å². The number of rotatable bonds is 6. The minimum Gasteiger partial charge on any atom is -0.465 e. The molecule has 0 aromatic carbocycles. The summed E-state index contributed by atoms with van der Waals surface area (Å²) in [5.41, 5.74) is 0.753. The fourth-order valence-electron chi connectivity index (χ4n) is 1.43. The fourth-order valence-corrected chi connectivity index (χ4v) is 2.01. The molecule has 0 spiro atoms. The van der Waals surface area contributed by atoms with Crippen molar-refractivity contribution in [3.05, 3.63) is 22.2 Å². The number of aryl methyl sites for hydroxylation is 1. The van der Waals surface area contributed by atoms with Crippen LogP contribution in [0.1, 0.15) is 24.5 Å². The number of esters is 1. The summed E-state index contributed by atoms with van der Waals surface area (Å²) in [4.78, 5) is 28.9. The number of likely N-dealkylation sites (N-methyl/N-ethyl adjacent to an activating group) is 1. The lowest BCUT2D eigenvalue weighted by atomic mass is 10.3. The number of hydrogen-bond acceptors (Lipinski definition) is 5. The Hall–Kier alpha value is -1.69. The molecule has 6 heteroatoms. The number of carbonyl (C=O) groups is 2. The van der Waals surface area contributed by atoms with Crippen LogP contribution in [-0.4, -0.2) is 41.5 Å². The Morgan fingerprint density at radius 1 is 1.47 bits per heavy atom. The zero-order valence-corrected chi connectivity index (χ0v) is 12.2. The van der Waals surface area contributed by atoms with Crippen molar-refractivity contribution in [1.82, 2.24) is 9.88 Å². The maximum Gasteiger partial charge on any atom is 0.325 e. The number of thiazole rings is 1. The third-order valence-corrected chi connectivity index (χ3v) is 3.14. The molecular weight excluding hydrogens is 264 g/mol. The van der Waals surface area contributed by atoms with E-state index in [2.05, 4.69) is 4.98 Å². The van der Waals surface area contributed by atoms with Gasteiger partial charge in [-0.3, -0.25) is 9.59 Å². The molecule has 0 aliphatic rings. The van der Waals surface area contributed by atoms with Crippen LogP contribution in [-0.2, 0) is 14.3 Å². The lowest BCUT2D eigenvalue weighted by Crippen LogP contribution is -2.35. The highest BCUT2D eigenvalue weighted by molar-refractivity contribution is 7.09. The molecule has 104 valence electrons. The zero-order valence-electron chi connectivity index (χ0n) is 11.4. The molecule has 1 amide bonds. The average molecular weight is 282 g/mol. The van der Waals surface area contributed by atoms with E-state index in [1.54, 1.807) is 13.0 Å². The van der Waals surface area contributed by atoms with Gasteiger partial charge in [0, 0.05) is 18.0 Å². The molecular formula is C13H18N2O3S. The van der Waals surface area contributed by atoms with Gasteiger partial charge in [-0.2, -0.15) is 0 Å². The molecule has 0 saturated carbocycles. The van der Waals surface area contributed by atoms with Crippen molar-refractivity contribution >= 4 is 29.3 Å². The Balaban J connectivity index is 2.58. The van der Waals surface area contributed by atoms with Crippen LogP contribution >= 0.6 is 11.3 Å². The first-order valence-corrected chi connectivity index (χ1v) is 6.99. The van der Waals surface area contributed by atoms with Crippen LogP contribution in [0.4, 0.5) is 0 Å². The first-order chi connectivity index (χ1) is 9.06. The molecule has 0 atom stereocenters. The van der Waals surface area contributed by atoms with Gasteiger partial charge in [0.15, 0.2) is 0 Å². The van der Waals surface area contributed by atoms with Crippen LogP contribution in [0.5, 0.6) is 0 Å². The number of aromatic nitrogens is 1. The van der Waals surface area contributed by atoms with E-state index in [-0.39, 0.29) is 12.5 Å². The van der Waals surface area contributed by atoms with Gasteiger partial charge in [-0.05, 0) is 26.8 Å². The molecule has 0 unspecified atom stereocenters. The standard InChI is InChI=1S/C13H18N2O3S/c1-4-15(8-13(17)18-5-2)12(16)7-6-11-9-19-10(3)14-11/h6-7,9H,4-5,8H2,1-3H3/b7-6+. The molecule has 1 heterocycles. The van der Waals surface area contributed by atoms with Gasteiger partial charge in [0.2, 0.25) is 5.91 Å². The highest BCUT2D eigenvalue weighted by Gasteiger charge is 2.13. The molecule has 19 heavy (non-hydrogen) atoms. The number of ether oxygens (including phenoxy) is 1. The highest BCUT2D eigenvalue weighted by Crippen LogP contribution is 2.09. The van der Waals surface area contributed by atoms with E-state index in [0.29, 0.717) is 13.2 Å². The van der Waals surface area contributed by atoms with Crippen molar-refractivity contribution in [1.29, 1.82) is 0 Å². The number of hydrogen-bond donors (Lipinski definition) is 0. The molecule has 0 aliphatic carbocycles. The molecule has 0 aliphatic heterocycles. The molecule has 0 fully saturated rings. The van der Waals surface area contributed by atoms with Crippen LogP contribution in [0.15, 0.2) is 11.5 Å². The summed E-state index contributed by atoms with van der Waals surface area (Å²) < 4.78 is 4.82. The molecule has 0 radical (unpaired) electrons. The summed E-state index contributed by atoms with van der Waals surface area (Å²) in [6, 6.07) is 0. The molecule has 0 N–H and O–H groups in total. The van der Waals surface area contributed by atoms with Gasteiger partial charge in [0.05, 0.1) is 17.3 Å². The summed E-state index contributed by atoms with van der Waals surface area (Å²) in [6.45, 7) is 6.21. The Morgan fingerprint density at radius 2 is 2.21 bits per heavy atom. The van der Waals surface area contributed by atoms with Gasteiger partial charge in [0.1, 0.15) is 6.54 Å². The van der Waals surface area contributed by atoms with Crippen molar-refractivity contribution < 1.29 is 14.3 Å². The van der Waals surface area contributed by atoms with Gasteiger partial charge in [-0.25, -0.2) is 4.98 Å². The van der Waals surface area contributed by atoms with E-state index in [1.165, 1.54) is 22.3 Å². The maximum atomic E-state index is 11.9. The van der Waals surface area contributed by atoms with E-state index in [0.717, 1.165) is 10.7 Å². The van der Waals surface area contributed by atoms with Crippen LogP contribution < -0.4 is 0 Å². The molecule has 1 aromatic rings. The number of nitrogens with zero attached hydrogens (tertiary/aromatic N) is 2.